The van der Waals surface area contributed by atoms with Crippen molar-refractivity contribution in [3.63, 3.8) is 0 Å². The van der Waals surface area contributed by atoms with Gasteiger partial charge in [0.25, 0.3) is 0 Å². The van der Waals surface area contributed by atoms with Crippen molar-refractivity contribution in [2.45, 2.75) is 33.4 Å². The van der Waals surface area contributed by atoms with Crippen LogP contribution in [-0.2, 0) is 21.4 Å². The fourth-order valence-corrected chi connectivity index (χ4v) is 4.09. The van der Waals surface area contributed by atoms with E-state index in [1.165, 1.54) is 0 Å². The molecule has 0 aliphatic heterocycles. The number of rotatable bonds is 10. The number of benzene rings is 2. The monoisotopic (exact) mass is 420 g/mol. The first-order chi connectivity index (χ1) is 13.8. The number of amides is 1. The minimum atomic E-state index is -3.67. The lowest BCUT2D eigenvalue weighted by Crippen LogP contribution is -2.47. The molecule has 29 heavy (non-hydrogen) atoms. The van der Waals surface area contributed by atoms with Crippen molar-refractivity contribution in [1.29, 1.82) is 0 Å². The zero-order valence-electron chi connectivity index (χ0n) is 17.2. The molecule has 0 saturated carbocycles. The van der Waals surface area contributed by atoms with E-state index in [-0.39, 0.29) is 6.54 Å². The minimum absolute atomic E-state index is 0.269. The van der Waals surface area contributed by atoms with Gasteiger partial charge in [-0.15, -0.1) is 0 Å². The molecule has 2 rings (SSSR count). The summed E-state index contributed by atoms with van der Waals surface area (Å²) in [6.45, 7) is 6.66. The van der Waals surface area contributed by atoms with Gasteiger partial charge in [0.1, 0.15) is 17.5 Å². The third-order valence-corrected chi connectivity index (χ3v) is 5.41. The fourth-order valence-electron chi connectivity index (χ4n) is 2.91. The molecule has 0 aromatic heterocycles. The first-order valence-corrected chi connectivity index (χ1v) is 11.3. The summed E-state index contributed by atoms with van der Waals surface area (Å²) in [5.74, 6) is 0.960. The van der Waals surface area contributed by atoms with Crippen molar-refractivity contribution < 1.29 is 22.7 Å². The van der Waals surface area contributed by atoms with E-state index in [1.54, 1.807) is 31.2 Å². The minimum Gasteiger partial charge on any atom is -0.494 e. The lowest BCUT2D eigenvalue weighted by molar-refractivity contribution is -0.122. The Kier molecular flexibility index (Phi) is 7.90. The van der Waals surface area contributed by atoms with Crippen LogP contribution in [0.25, 0.3) is 0 Å². The Balaban J connectivity index is 2.13. The van der Waals surface area contributed by atoms with Gasteiger partial charge in [-0.1, -0.05) is 12.1 Å². The van der Waals surface area contributed by atoms with Crippen LogP contribution >= 0.6 is 0 Å². The zero-order chi connectivity index (χ0) is 21.4. The molecule has 7 nitrogen and oxygen atoms in total. The number of carbonyl (C=O) groups is 1. The molecule has 2 aromatic rings. The van der Waals surface area contributed by atoms with Gasteiger partial charge in [0.05, 0.1) is 25.2 Å². The average Bonchev–Trinajstić information content (AvgIpc) is 2.67. The molecule has 0 heterocycles. The van der Waals surface area contributed by atoms with Crippen LogP contribution in [0.5, 0.6) is 11.5 Å². The van der Waals surface area contributed by atoms with E-state index >= 15 is 0 Å². The Labute approximate surface area is 172 Å². The van der Waals surface area contributed by atoms with E-state index in [1.807, 2.05) is 38.1 Å². The molecule has 0 fully saturated rings. The van der Waals surface area contributed by atoms with Crippen LogP contribution in [0.2, 0.25) is 0 Å². The van der Waals surface area contributed by atoms with Gasteiger partial charge in [0, 0.05) is 6.54 Å². The molecule has 0 saturated heterocycles. The fraction of sp³-hybridized carbons (Fsp3) is 0.381. The second-order valence-corrected chi connectivity index (χ2v) is 8.32. The smallest absolute Gasteiger partial charge is 0.243 e. The van der Waals surface area contributed by atoms with Crippen LogP contribution in [-0.4, -0.2) is 39.8 Å². The van der Waals surface area contributed by atoms with Gasteiger partial charge < -0.3 is 14.8 Å². The summed E-state index contributed by atoms with van der Waals surface area (Å²) in [6.07, 6.45) is 1.08. The van der Waals surface area contributed by atoms with Crippen LogP contribution in [0.3, 0.4) is 0 Å². The number of nitrogens with one attached hydrogen (secondary N) is 1. The van der Waals surface area contributed by atoms with Crippen LogP contribution < -0.4 is 19.1 Å². The predicted octanol–water partition coefficient (Wildman–Crippen LogP) is 2.95. The lowest BCUT2D eigenvalue weighted by atomic mass is 10.2. The van der Waals surface area contributed by atoms with Crippen LogP contribution in [0.1, 0.15) is 26.3 Å². The first-order valence-electron chi connectivity index (χ1n) is 9.48. The summed E-state index contributed by atoms with van der Waals surface area (Å²) < 4.78 is 36.7. The number of sulfonamides is 1. The molecule has 0 spiro atoms. The second-order valence-electron chi connectivity index (χ2n) is 6.46. The Bertz CT molecular complexity index is 913. The van der Waals surface area contributed by atoms with Crippen LogP contribution in [0.15, 0.2) is 48.5 Å². The van der Waals surface area contributed by atoms with Gasteiger partial charge in [-0.05, 0) is 62.7 Å². The van der Waals surface area contributed by atoms with Gasteiger partial charge in [-0.2, -0.15) is 0 Å². The topological polar surface area (TPSA) is 84.9 Å². The quantitative estimate of drug-likeness (QED) is 0.639. The third-order valence-electron chi connectivity index (χ3n) is 4.17. The molecule has 1 unspecified atom stereocenters. The third kappa shape index (κ3) is 6.39. The Morgan fingerprint density at radius 2 is 1.66 bits per heavy atom. The van der Waals surface area contributed by atoms with E-state index in [9.17, 15) is 13.2 Å². The molecular formula is C21H28N2O5S. The number of carbonyl (C=O) groups excluding carboxylic acids is 1. The molecule has 158 valence electrons. The maximum Gasteiger partial charge on any atom is 0.243 e. The SMILES string of the molecule is CCOc1ccc(N(C(C)C(=O)NCc2cccc(OCC)c2)S(C)(=O)=O)cc1. The second kappa shape index (κ2) is 10.2. The van der Waals surface area contributed by atoms with Gasteiger partial charge >= 0.3 is 0 Å². The molecule has 0 aliphatic rings. The predicted molar refractivity (Wildman–Crippen MR) is 114 cm³/mol. The summed E-state index contributed by atoms with van der Waals surface area (Å²) >= 11 is 0. The standard InChI is InChI=1S/C21H28N2O5S/c1-5-27-19-12-10-18(11-13-19)23(29(4,25)26)16(3)21(24)22-15-17-8-7-9-20(14-17)28-6-2/h7-14,16H,5-6,15H2,1-4H3,(H,22,24). The summed E-state index contributed by atoms with van der Waals surface area (Å²) in [6, 6.07) is 13.1. The summed E-state index contributed by atoms with van der Waals surface area (Å²) in [5, 5.41) is 2.80. The van der Waals surface area contributed by atoms with Gasteiger partial charge in [0.15, 0.2) is 0 Å². The Hall–Kier alpha value is -2.74. The Morgan fingerprint density at radius 3 is 2.24 bits per heavy atom. The first kappa shape index (κ1) is 22.5. The maximum atomic E-state index is 12.7. The lowest BCUT2D eigenvalue weighted by Gasteiger charge is -2.28. The largest absolute Gasteiger partial charge is 0.494 e. The average molecular weight is 421 g/mol. The number of hydrogen-bond donors (Lipinski definition) is 1. The van der Waals surface area contributed by atoms with Crippen molar-refractivity contribution in [2.75, 3.05) is 23.8 Å². The summed E-state index contributed by atoms with van der Waals surface area (Å²) in [7, 11) is -3.67. The van der Waals surface area contributed by atoms with E-state index in [4.69, 9.17) is 9.47 Å². The number of anilines is 1. The van der Waals surface area contributed by atoms with Crippen molar-refractivity contribution in [1.82, 2.24) is 5.32 Å². The van der Waals surface area contributed by atoms with E-state index in [0.717, 1.165) is 21.9 Å². The number of nitrogens with zero attached hydrogens (tertiary/aromatic N) is 1. The van der Waals surface area contributed by atoms with Gasteiger partial charge in [0.2, 0.25) is 15.9 Å². The summed E-state index contributed by atoms with van der Waals surface area (Å²) in [5.41, 5.74) is 1.26. The molecular weight excluding hydrogens is 392 g/mol. The van der Waals surface area contributed by atoms with E-state index < -0.39 is 22.0 Å². The number of ether oxygens (including phenoxy) is 2. The molecule has 2 aromatic carbocycles. The summed E-state index contributed by atoms with van der Waals surface area (Å²) in [4.78, 5) is 12.7. The van der Waals surface area contributed by atoms with Gasteiger partial charge in [-0.25, -0.2) is 8.42 Å². The highest BCUT2D eigenvalue weighted by Gasteiger charge is 2.29. The van der Waals surface area contributed by atoms with Crippen LogP contribution in [0.4, 0.5) is 5.69 Å². The number of hydrogen-bond acceptors (Lipinski definition) is 5. The normalized spacial score (nSPS) is 12.1. The molecule has 0 aliphatic carbocycles. The van der Waals surface area contributed by atoms with E-state index in [2.05, 4.69) is 5.32 Å². The highest BCUT2D eigenvalue weighted by Crippen LogP contribution is 2.24. The molecule has 8 heteroatoms. The van der Waals surface area contributed by atoms with Gasteiger partial charge in [-0.3, -0.25) is 9.10 Å². The van der Waals surface area contributed by atoms with Crippen molar-refractivity contribution >= 4 is 21.6 Å². The molecule has 1 amide bonds. The van der Waals surface area contributed by atoms with Crippen molar-refractivity contribution in [3.8, 4) is 11.5 Å². The van der Waals surface area contributed by atoms with E-state index in [0.29, 0.717) is 24.7 Å². The highest BCUT2D eigenvalue weighted by molar-refractivity contribution is 7.92. The molecule has 1 N–H and O–H groups in total. The molecule has 0 radical (unpaired) electrons. The molecule has 1 atom stereocenters. The maximum absolute atomic E-state index is 12.7. The zero-order valence-corrected chi connectivity index (χ0v) is 18.0. The van der Waals surface area contributed by atoms with Crippen molar-refractivity contribution in [2.24, 2.45) is 0 Å². The van der Waals surface area contributed by atoms with Crippen LogP contribution in [0, 0.1) is 0 Å². The Morgan fingerprint density at radius 1 is 1.03 bits per heavy atom. The highest BCUT2D eigenvalue weighted by atomic mass is 32.2. The molecule has 0 bridgehead atoms. The van der Waals surface area contributed by atoms with Crippen molar-refractivity contribution in [3.05, 3.63) is 54.1 Å².